The Bertz CT molecular complexity index is 6.00. The van der Waals surface area contributed by atoms with Crippen LogP contribution in [0.2, 0.25) is 0 Å². The first kappa shape index (κ1) is 12.3. The van der Waals surface area contributed by atoms with Gasteiger partial charge < -0.3 is 5.32 Å². The van der Waals surface area contributed by atoms with Gasteiger partial charge in [0.1, 0.15) is 0 Å². The summed E-state index contributed by atoms with van der Waals surface area (Å²) in [4.78, 5) is 0. The monoisotopic (exact) mass is 315 g/mol. The first-order valence-corrected chi connectivity index (χ1v) is 0.894. The molecule has 0 aliphatic rings. The Labute approximate surface area is 20.7 Å². The number of rotatable bonds is 0. The average molecular weight is 313 g/mol. The van der Waals surface area contributed by atoms with Crippen molar-refractivity contribution in [3.8, 4) is 0 Å². The molecule has 0 aromatic heterocycles. The second kappa shape index (κ2) is 1130. The second-order valence-corrected chi connectivity index (χ2v) is 0.447. The molecule has 1 nitrogen and oxygen atoms in total. The van der Waals surface area contributed by atoms with Gasteiger partial charge in [-0.05, 0) is 0 Å². The van der Waals surface area contributed by atoms with Crippen LogP contribution < -0.4 is 0 Å². The summed E-state index contributed by atoms with van der Waals surface area (Å²) >= 11 is 0. The van der Waals surface area contributed by atoms with E-state index in [0.717, 1.165) is 0 Å². The molecule has 2 heteroatoms. The molecule has 22 valence electrons. The summed E-state index contributed by atoms with van der Waals surface area (Å²) in [5.41, 5.74) is 0. The van der Waals surface area contributed by atoms with E-state index in [-0.39, 0.29) is 0 Å². The van der Waals surface area contributed by atoms with E-state index in [0.29, 0.717) is 0 Å². The van der Waals surface area contributed by atoms with E-state index in [2.05, 4.69) is 5.32 Å². The molecule has 0 bridgehead atoms. The second-order valence-electron chi connectivity index (χ2n) is 0.447. The molecule has 0 saturated heterocycles. The molecule has 0 saturated carbocycles. The number of nitrogens with zero attached hydrogens (tertiary/aromatic N) is 1. The number of hydrogen-bond donors (Lipinski definition) is 0. The Hall–Kier alpha value is -1.04. The molecule has 0 atom stereocenters. The summed E-state index contributed by atoms with van der Waals surface area (Å²) in [6.45, 7) is 0. The fraction of sp³-hybridized carbons (Fsp3) is 1.00. The van der Waals surface area contributed by atoms with Crippen molar-refractivity contribution < 1.29 is 0 Å². The van der Waals surface area contributed by atoms with Crippen LogP contribution in [0, 0.1) is 0 Å². The summed E-state index contributed by atoms with van der Waals surface area (Å²) in [6.07, 6.45) is 0. The molecular weight excluding hydrogens is 307 g/mol. The number of hydrogen-bond acceptors (Lipinski definition) is 0. The van der Waals surface area contributed by atoms with Crippen molar-refractivity contribution in [2.45, 2.75) is 0 Å². The zero-order chi connectivity index (χ0) is 2.71. The Morgan fingerprint density at radius 3 is 1.25 bits per heavy atom. The standard InChI is InChI=1S/C2H6N.Sg/c1-3-2;/h1-2H3;/q-1;. The summed E-state index contributed by atoms with van der Waals surface area (Å²) in [7, 11) is 3.50. The molecule has 0 radical (unpaired) electrons. The first-order chi connectivity index (χ1) is 1.41. The Kier molecular flexibility index (Phi) is 3480. The Balaban J connectivity index is 0. The van der Waals surface area contributed by atoms with Crippen LogP contribution in [-0.4, -0.2) is 14.1 Å². The predicted octanol–water partition coefficient (Wildman–Crippen LogP) is 0.620. The summed E-state index contributed by atoms with van der Waals surface area (Å²) < 4.78 is 0. The predicted molar refractivity (Wildman–Crippen MR) is 15.2 cm³/mol. The van der Waals surface area contributed by atoms with E-state index in [1.54, 1.807) is 14.1 Å². The third-order valence-corrected chi connectivity index (χ3v) is 0. The zero-order valence-corrected chi connectivity index (χ0v) is 9.62. The van der Waals surface area contributed by atoms with Gasteiger partial charge in [-0.2, -0.15) is 14.1 Å². The van der Waals surface area contributed by atoms with E-state index in [1.807, 2.05) is 0 Å². The average Bonchev–Trinajstić information content (AvgIpc) is 0.918. The smallest absolute Gasteiger partial charge is 0 e. The minimum atomic E-state index is 0. The molecule has 0 unspecified atom stereocenters. The van der Waals surface area contributed by atoms with Crippen molar-refractivity contribution in [3.63, 3.8) is 0 Å². The zero-order valence-electron chi connectivity index (χ0n) is 3.15. The molecule has 0 aliphatic heterocycles. The van der Waals surface area contributed by atoms with Gasteiger partial charge in [-0.15, -0.1) is 0 Å². The molecule has 0 aromatic carbocycles. The van der Waals surface area contributed by atoms with E-state index in [1.165, 1.54) is 0 Å². The van der Waals surface area contributed by atoms with Crippen LogP contribution in [0.4, 0.5) is 0 Å². The van der Waals surface area contributed by atoms with E-state index >= 15 is 0 Å². The summed E-state index contributed by atoms with van der Waals surface area (Å²) in [6, 6.07) is 0. The van der Waals surface area contributed by atoms with E-state index in [9.17, 15) is 0 Å². The molecule has 0 aromatic rings. The molecular formula is C2H6NSg-. The largest absolute Gasteiger partial charge is 0.668 e. The molecule has 0 rings (SSSR count). The third kappa shape index (κ3) is 0.00142. The molecule has 0 heterocycles. The fourth-order valence-electron chi connectivity index (χ4n) is 0. The van der Waals surface area contributed by atoms with Crippen molar-refractivity contribution in [3.05, 3.63) is 5.32 Å². The maximum Gasteiger partial charge on any atom is 0 e. The van der Waals surface area contributed by atoms with Crippen molar-refractivity contribution in [1.82, 2.24) is 0 Å². The van der Waals surface area contributed by atoms with Gasteiger partial charge in [-0.25, -0.2) is 0 Å². The molecule has 0 spiro atoms. The van der Waals surface area contributed by atoms with Crippen molar-refractivity contribution in [2.75, 3.05) is 14.1 Å². The minimum absolute atomic E-state index is 0. The normalized spacial score (nSPS) is 4.50. The first-order valence-electron chi connectivity index (χ1n) is 0.894. The maximum absolute atomic E-state index is 3.50. The van der Waals surface area contributed by atoms with Crippen molar-refractivity contribution in [1.29, 1.82) is 0 Å². The van der Waals surface area contributed by atoms with Gasteiger partial charge in [-0.3, -0.25) is 0 Å². The quantitative estimate of drug-likeness (QED) is 0.623. The van der Waals surface area contributed by atoms with Gasteiger partial charge in [0, 0.05) is 0 Å². The summed E-state index contributed by atoms with van der Waals surface area (Å²) in [5.74, 6) is 0. The van der Waals surface area contributed by atoms with Crippen LogP contribution in [0.3, 0.4) is 0 Å². The topological polar surface area (TPSA) is 14.1 Å². The van der Waals surface area contributed by atoms with Crippen molar-refractivity contribution in [2.24, 2.45) is 0 Å². The molecule has 0 N–H and O–H groups in total. The van der Waals surface area contributed by atoms with Gasteiger partial charge >= 0.3 is 0 Å². The van der Waals surface area contributed by atoms with Gasteiger partial charge in [0.15, 0.2) is 0 Å². The Morgan fingerprint density at radius 1 is 1.25 bits per heavy atom. The van der Waals surface area contributed by atoms with Crippen LogP contribution in [-0.2, 0) is 0 Å². The van der Waals surface area contributed by atoms with E-state index in [4.69, 9.17) is 0 Å². The molecule has 0 fully saturated rings. The van der Waals surface area contributed by atoms with Gasteiger partial charge in [-0.1, -0.05) is 0 Å². The van der Waals surface area contributed by atoms with Crippen LogP contribution in [0.1, 0.15) is 0 Å². The van der Waals surface area contributed by atoms with E-state index < -0.39 is 0 Å². The maximum atomic E-state index is 3.50. The molecule has 4 heavy (non-hydrogen) atoms. The SMILES string of the molecule is C[N-]C.[Sg]. The van der Waals surface area contributed by atoms with Crippen LogP contribution in [0.25, 0.3) is 5.32 Å². The summed E-state index contributed by atoms with van der Waals surface area (Å²) in [5, 5.41) is 3.50. The molecule has 0 amide bonds. The van der Waals surface area contributed by atoms with Gasteiger partial charge in [0.25, 0.3) is 0 Å². The fourth-order valence-corrected chi connectivity index (χ4v) is 0. The van der Waals surface area contributed by atoms with Crippen LogP contribution in [0.5, 0.6) is 0 Å². The molecule has 0 aliphatic carbocycles. The van der Waals surface area contributed by atoms with Crippen LogP contribution >= 0.6 is 0 Å². The minimum Gasteiger partial charge on any atom is -0.668 e. The van der Waals surface area contributed by atoms with Crippen LogP contribution in [0.15, 0.2) is 0 Å². The Morgan fingerprint density at radius 2 is 1.25 bits per heavy atom. The third-order valence-electron chi connectivity index (χ3n) is 0. The van der Waals surface area contributed by atoms with Gasteiger partial charge in [0.05, 0.1) is 0 Å². The van der Waals surface area contributed by atoms with Crippen molar-refractivity contribution >= 4 is 0 Å². The van der Waals surface area contributed by atoms with Gasteiger partial charge in [0.2, 0.25) is 0 Å².